The largest absolute Gasteiger partial charge is 0.351 e. The highest BCUT2D eigenvalue weighted by Gasteiger charge is 2.37. The minimum atomic E-state index is -0.548. The maximum absolute atomic E-state index is 12.0. The van der Waals surface area contributed by atoms with Crippen LogP contribution in [-0.2, 0) is 4.79 Å². The topological polar surface area (TPSA) is 55.1 Å². The van der Waals surface area contributed by atoms with Crippen LogP contribution in [0.5, 0.6) is 0 Å². The molecular formula is C15H23ClN2O. The average molecular weight is 283 g/mol. The predicted octanol–water partition coefficient (Wildman–Crippen LogP) is 2.72. The maximum atomic E-state index is 12.0. The summed E-state index contributed by atoms with van der Waals surface area (Å²) in [5.74, 6) is 0.617. The summed E-state index contributed by atoms with van der Waals surface area (Å²) >= 11 is 0. The van der Waals surface area contributed by atoms with Crippen LogP contribution in [-0.4, -0.2) is 11.9 Å². The van der Waals surface area contributed by atoms with Crippen LogP contribution in [0.15, 0.2) is 24.3 Å². The summed E-state index contributed by atoms with van der Waals surface area (Å²) in [6.45, 7) is 4.20. The molecule has 3 N–H and O–H groups in total. The van der Waals surface area contributed by atoms with Crippen LogP contribution in [0, 0.1) is 12.8 Å². The van der Waals surface area contributed by atoms with E-state index in [1.165, 1.54) is 18.4 Å². The summed E-state index contributed by atoms with van der Waals surface area (Å²) in [5, 5.41) is 3.04. The van der Waals surface area contributed by atoms with Crippen molar-refractivity contribution in [2.45, 2.75) is 45.2 Å². The number of aryl methyl sites for hydroxylation is 1. The van der Waals surface area contributed by atoms with Gasteiger partial charge in [0.2, 0.25) is 5.91 Å². The number of hydrogen-bond donors (Lipinski definition) is 2. The van der Waals surface area contributed by atoms with Crippen LogP contribution < -0.4 is 11.1 Å². The Kier molecular flexibility index (Phi) is 5.83. The van der Waals surface area contributed by atoms with E-state index < -0.39 is 6.04 Å². The summed E-state index contributed by atoms with van der Waals surface area (Å²) in [6, 6.07) is 7.63. The van der Waals surface area contributed by atoms with E-state index in [-0.39, 0.29) is 18.3 Å². The van der Waals surface area contributed by atoms with E-state index in [9.17, 15) is 4.79 Å². The molecule has 2 rings (SSSR count). The Bertz CT molecular complexity index is 419. The first-order valence-corrected chi connectivity index (χ1v) is 6.74. The molecule has 1 fully saturated rings. The molecule has 1 aromatic carbocycles. The van der Waals surface area contributed by atoms with E-state index in [0.717, 1.165) is 12.0 Å². The van der Waals surface area contributed by atoms with Gasteiger partial charge in [-0.25, -0.2) is 0 Å². The second-order valence-electron chi connectivity index (χ2n) is 5.29. The van der Waals surface area contributed by atoms with Gasteiger partial charge >= 0.3 is 0 Å². The van der Waals surface area contributed by atoms with E-state index in [2.05, 4.69) is 12.2 Å². The van der Waals surface area contributed by atoms with Gasteiger partial charge in [-0.3, -0.25) is 4.79 Å². The lowest BCUT2D eigenvalue weighted by atomic mass is 10.1. The smallest absolute Gasteiger partial charge is 0.241 e. The SMILES string of the molecule is CCCC1CC1NC(=O)C(N)c1ccc(C)cc1.Cl. The second-order valence-corrected chi connectivity index (χ2v) is 5.29. The van der Waals surface area contributed by atoms with Crippen molar-refractivity contribution in [3.63, 3.8) is 0 Å². The number of carbonyl (C=O) groups is 1. The zero-order valence-corrected chi connectivity index (χ0v) is 12.4. The monoisotopic (exact) mass is 282 g/mol. The molecule has 1 aromatic rings. The fraction of sp³-hybridized carbons (Fsp3) is 0.533. The van der Waals surface area contributed by atoms with Crippen LogP contribution in [0.4, 0.5) is 0 Å². The van der Waals surface area contributed by atoms with Crippen molar-refractivity contribution < 1.29 is 4.79 Å². The first-order chi connectivity index (χ1) is 8.61. The maximum Gasteiger partial charge on any atom is 0.241 e. The number of benzene rings is 1. The molecule has 1 aliphatic carbocycles. The minimum Gasteiger partial charge on any atom is -0.351 e. The lowest BCUT2D eigenvalue weighted by Gasteiger charge is -2.12. The first kappa shape index (κ1) is 16.0. The molecule has 0 spiro atoms. The van der Waals surface area contributed by atoms with Crippen molar-refractivity contribution in [3.05, 3.63) is 35.4 Å². The van der Waals surface area contributed by atoms with Gasteiger partial charge < -0.3 is 11.1 Å². The summed E-state index contributed by atoms with van der Waals surface area (Å²) in [4.78, 5) is 12.0. The highest BCUT2D eigenvalue weighted by molar-refractivity contribution is 5.85. The lowest BCUT2D eigenvalue weighted by molar-refractivity contribution is -0.122. The van der Waals surface area contributed by atoms with E-state index in [4.69, 9.17) is 5.73 Å². The van der Waals surface area contributed by atoms with Gasteiger partial charge in [-0.2, -0.15) is 0 Å². The fourth-order valence-electron chi connectivity index (χ4n) is 2.31. The fourth-order valence-corrected chi connectivity index (χ4v) is 2.31. The Morgan fingerprint density at radius 2 is 2.05 bits per heavy atom. The normalized spacial score (nSPS) is 22.3. The van der Waals surface area contributed by atoms with Gasteiger partial charge in [0.15, 0.2) is 0 Å². The summed E-state index contributed by atoms with van der Waals surface area (Å²) in [7, 11) is 0. The molecule has 3 nitrogen and oxygen atoms in total. The highest BCUT2D eigenvalue weighted by Crippen LogP contribution is 2.34. The van der Waals surface area contributed by atoms with Crippen molar-refractivity contribution in [2.75, 3.05) is 0 Å². The van der Waals surface area contributed by atoms with Crippen LogP contribution in [0.1, 0.15) is 43.4 Å². The molecule has 1 aliphatic rings. The number of amides is 1. The standard InChI is InChI=1S/C15H22N2O.ClH/c1-3-4-12-9-13(12)17-15(18)14(16)11-7-5-10(2)6-8-11;/h5-8,12-14H,3-4,9,16H2,1-2H3,(H,17,18);1H. The number of hydrogen-bond acceptors (Lipinski definition) is 2. The Morgan fingerprint density at radius 1 is 1.42 bits per heavy atom. The zero-order chi connectivity index (χ0) is 13.1. The number of nitrogens with two attached hydrogens (primary N) is 1. The molecule has 106 valence electrons. The summed E-state index contributed by atoms with van der Waals surface area (Å²) in [6.07, 6.45) is 3.49. The van der Waals surface area contributed by atoms with E-state index in [1.807, 2.05) is 31.2 Å². The van der Waals surface area contributed by atoms with E-state index in [1.54, 1.807) is 0 Å². The Hall–Kier alpha value is -1.06. The number of carbonyl (C=O) groups excluding carboxylic acids is 1. The molecule has 0 saturated heterocycles. The molecule has 3 unspecified atom stereocenters. The molecule has 19 heavy (non-hydrogen) atoms. The van der Waals surface area contributed by atoms with Gasteiger partial charge in [-0.05, 0) is 31.2 Å². The molecule has 0 radical (unpaired) electrons. The molecule has 0 heterocycles. The van der Waals surface area contributed by atoms with Crippen LogP contribution in [0.25, 0.3) is 0 Å². The Balaban J connectivity index is 0.00000180. The third kappa shape index (κ3) is 4.22. The van der Waals surface area contributed by atoms with Gasteiger partial charge in [0.1, 0.15) is 6.04 Å². The average Bonchev–Trinajstić information content (AvgIpc) is 3.08. The minimum absolute atomic E-state index is 0. The van der Waals surface area contributed by atoms with Crippen molar-refractivity contribution in [2.24, 2.45) is 11.7 Å². The molecule has 3 atom stereocenters. The molecule has 1 amide bonds. The third-order valence-electron chi connectivity index (χ3n) is 3.63. The van der Waals surface area contributed by atoms with Gasteiger partial charge in [0.05, 0.1) is 0 Å². The zero-order valence-electron chi connectivity index (χ0n) is 11.6. The van der Waals surface area contributed by atoms with Gasteiger partial charge in [-0.15, -0.1) is 12.4 Å². The van der Waals surface area contributed by atoms with Crippen LogP contribution in [0.2, 0.25) is 0 Å². The highest BCUT2D eigenvalue weighted by atomic mass is 35.5. The second kappa shape index (κ2) is 6.92. The van der Waals surface area contributed by atoms with Crippen molar-refractivity contribution in [3.8, 4) is 0 Å². The molecule has 4 heteroatoms. The van der Waals surface area contributed by atoms with Crippen molar-refractivity contribution >= 4 is 18.3 Å². The van der Waals surface area contributed by atoms with Gasteiger partial charge in [0.25, 0.3) is 0 Å². The van der Waals surface area contributed by atoms with E-state index >= 15 is 0 Å². The van der Waals surface area contributed by atoms with Gasteiger partial charge in [-0.1, -0.05) is 43.2 Å². The van der Waals surface area contributed by atoms with Crippen LogP contribution >= 0.6 is 12.4 Å². The number of halogens is 1. The molecule has 0 aromatic heterocycles. The van der Waals surface area contributed by atoms with Crippen molar-refractivity contribution in [1.29, 1.82) is 0 Å². The van der Waals surface area contributed by atoms with Gasteiger partial charge in [0, 0.05) is 6.04 Å². The third-order valence-corrected chi connectivity index (χ3v) is 3.63. The first-order valence-electron chi connectivity index (χ1n) is 6.74. The summed E-state index contributed by atoms with van der Waals surface area (Å²) < 4.78 is 0. The van der Waals surface area contributed by atoms with Crippen molar-refractivity contribution in [1.82, 2.24) is 5.32 Å². The lowest BCUT2D eigenvalue weighted by Crippen LogP contribution is -2.36. The number of rotatable bonds is 5. The molecular weight excluding hydrogens is 260 g/mol. The summed E-state index contributed by atoms with van der Waals surface area (Å²) in [5.41, 5.74) is 8.03. The van der Waals surface area contributed by atoms with Crippen LogP contribution in [0.3, 0.4) is 0 Å². The van der Waals surface area contributed by atoms with E-state index in [0.29, 0.717) is 12.0 Å². The Morgan fingerprint density at radius 3 is 2.63 bits per heavy atom. The quantitative estimate of drug-likeness (QED) is 0.872. The molecule has 0 aliphatic heterocycles. The molecule has 0 bridgehead atoms. The molecule has 1 saturated carbocycles. The predicted molar refractivity (Wildman–Crippen MR) is 80.3 cm³/mol. The number of nitrogens with one attached hydrogen (secondary N) is 1. The Labute approximate surface area is 121 Å².